The summed E-state index contributed by atoms with van der Waals surface area (Å²) < 4.78 is 2.07. The van der Waals surface area contributed by atoms with Gasteiger partial charge in [0, 0.05) is 36.8 Å². The minimum Gasteiger partial charge on any atom is -0.396 e. The number of nitrogens with one attached hydrogen (secondary N) is 1. The van der Waals surface area contributed by atoms with Crippen molar-refractivity contribution in [1.29, 1.82) is 0 Å². The van der Waals surface area contributed by atoms with Gasteiger partial charge in [-0.2, -0.15) is 0 Å². The summed E-state index contributed by atoms with van der Waals surface area (Å²) in [6.07, 6.45) is 4.55. The number of nitrogens with zero attached hydrogens (tertiary/aromatic N) is 2. The summed E-state index contributed by atoms with van der Waals surface area (Å²) in [5.41, 5.74) is 2.37. The van der Waals surface area contributed by atoms with E-state index in [2.05, 4.69) is 53.0 Å². The summed E-state index contributed by atoms with van der Waals surface area (Å²) in [4.78, 5) is 4.24. The fourth-order valence-electron chi connectivity index (χ4n) is 2.37. The number of hydrogen-bond acceptors (Lipinski definition) is 3. The molecule has 0 spiro atoms. The third-order valence-electron chi connectivity index (χ3n) is 3.59. The summed E-state index contributed by atoms with van der Waals surface area (Å²) in [6, 6.07) is 9.08. The minimum atomic E-state index is 0.222. The SMILES string of the molecule is Cc1nccn1-c1ccc(C(C)NC(C)CCO)cc1. The van der Waals surface area contributed by atoms with Crippen molar-refractivity contribution >= 4 is 0 Å². The first-order chi connectivity index (χ1) is 9.61. The average Bonchev–Trinajstić information content (AvgIpc) is 2.85. The van der Waals surface area contributed by atoms with Crippen molar-refractivity contribution in [3.05, 3.63) is 48.0 Å². The van der Waals surface area contributed by atoms with Gasteiger partial charge < -0.3 is 15.0 Å². The van der Waals surface area contributed by atoms with Crippen LogP contribution in [0.3, 0.4) is 0 Å². The van der Waals surface area contributed by atoms with Crippen LogP contribution in [0.15, 0.2) is 36.7 Å². The molecule has 0 saturated heterocycles. The van der Waals surface area contributed by atoms with Crippen LogP contribution in [0.1, 0.15) is 37.7 Å². The summed E-state index contributed by atoms with van der Waals surface area (Å²) in [6.45, 7) is 6.45. The molecule has 0 aliphatic heterocycles. The van der Waals surface area contributed by atoms with Crippen LogP contribution in [0.4, 0.5) is 0 Å². The number of imidazole rings is 1. The molecule has 0 radical (unpaired) electrons. The maximum atomic E-state index is 8.94. The standard InChI is InChI=1S/C16H23N3O/c1-12(8-11-20)18-13(2)15-4-6-16(7-5-15)19-10-9-17-14(19)3/h4-7,9-10,12-13,18,20H,8,11H2,1-3H3. The van der Waals surface area contributed by atoms with Gasteiger partial charge in [-0.15, -0.1) is 0 Å². The Kier molecular flexibility index (Phi) is 4.93. The van der Waals surface area contributed by atoms with Gasteiger partial charge in [-0.05, 0) is 44.9 Å². The second kappa shape index (κ2) is 6.68. The van der Waals surface area contributed by atoms with E-state index in [0.29, 0.717) is 6.04 Å². The molecule has 0 aliphatic carbocycles. The zero-order valence-electron chi connectivity index (χ0n) is 12.4. The van der Waals surface area contributed by atoms with E-state index in [4.69, 9.17) is 5.11 Å². The Bertz CT molecular complexity index is 533. The third kappa shape index (κ3) is 3.46. The summed E-state index contributed by atoms with van der Waals surface area (Å²) in [7, 11) is 0. The molecule has 4 nitrogen and oxygen atoms in total. The molecule has 108 valence electrons. The van der Waals surface area contributed by atoms with Gasteiger partial charge in [0.05, 0.1) is 0 Å². The second-order valence-corrected chi connectivity index (χ2v) is 5.24. The molecule has 2 aromatic rings. The molecular weight excluding hydrogens is 250 g/mol. The van der Waals surface area contributed by atoms with Crippen LogP contribution < -0.4 is 5.32 Å². The number of benzene rings is 1. The van der Waals surface area contributed by atoms with Gasteiger partial charge in [0.1, 0.15) is 5.82 Å². The van der Waals surface area contributed by atoms with Crippen LogP contribution in [0.5, 0.6) is 0 Å². The first kappa shape index (κ1) is 14.8. The van der Waals surface area contributed by atoms with Gasteiger partial charge in [-0.1, -0.05) is 12.1 Å². The molecule has 0 amide bonds. The Morgan fingerprint density at radius 3 is 2.50 bits per heavy atom. The highest BCUT2D eigenvalue weighted by molar-refractivity contribution is 5.36. The molecule has 1 heterocycles. The van der Waals surface area contributed by atoms with E-state index in [-0.39, 0.29) is 12.6 Å². The van der Waals surface area contributed by atoms with Gasteiger partial charge in [0.2, 0.25) is 0 Å². The van der Waals surface area contributed by atoms with Crippen LogP contribution in [-0.2, 0) is 0 Å². The number of aryl methyl sites for hydroxylation is 1. The van der Waals surface area contributed by atoms with Crippen molar-refractivity contribution in [2.45, 2.75) is 39.3 Å². The molecule has 2 N–H and O–H groups in total. The monoisotopic (exact) mass is 273 g/mol. The summed E-state index contributed by atoms with van der Waals surface area (Å²) >= 11 is 0. The zero-order chi connectivity index (χ0) is 14.5. The van der Waals surface area contributed by atoms with Gasteiger partial charge in [-0.3, -0.25) is 0 Å². The number of aliphatic hydroxyl groups is 1. The fraction of sp³-hybridized carbons (Fsp3) is 0.438. The fourth-order valence-corrected chi connectivity index (χ4v) is 2.37. The minimum absolute atomic E-state index is 0.222. The highest BCUT2D eigenvalue weighted by Gasteiger charge is 2.09. The summed E-state index contributed by atoms with van der Waals surface area (Å²) in [5, 5.41) is 12.4. The Balaban J connectivity index is 2.06. The van der Waals surface area contributed by atoms with Crippen molar-refractivity contribution in [3.8, 4) is 5.69 Å². The van der Waals surface area contributed by atoms with Crippen LogP contribution in [-0.4, -0.2) is 27.3 Å². The topological polar surface area (TPSA) is 50.1 Å². The normalized spacial score (nSPS) is 14.2. The third-order valence-corrected chi connectivity index (χ3v) is 3.59. The molecule has 4 heteroatoms. The van der Waals surface area contributed by atoms with Gasteiger partial charge in [0.15, 0.2) is 0 Å². The van der Waals surface area contributed by atoms with Crippen LogP contribution >= 0.6 is 0 Å². The lowest BCUT2D eigenvalue weighted by atomic mass is 10.1. The molecular formula is C16H23N3O. The molecule has 2 rings (SSSR count). The van der Waals surface area contributed by atoms with Crippen molar-refractivity contribution < 1.29 is 5.11 Å². The molecule has 0 fully saturated rings. The number of rotatable bonds is 6. The van der Waals surface area contributed by atoms with Gasteiger partial charge >= 0.3 is 0 Å². The smallest absolute Gasteiger partial charge is 0.110 e. The second-order valence-electron chi connectivity index (χ2n) is 5.24. The lowest BCUT2D eigenvalue weighted by Gasteiger charge is -2.20. The van der Waals surface area contributed by atoms with Crippen LogP contribution in [0.25, 0.3) is 5.69 Å². The van der Waals surface area contributed by atoms with E-state index < -0.39 is 0 Å². The van der Waals surface area contributed by atoms with E-state index in [1.807, 2.05) is 19.3 Å². The molecule has 0 saturated carbocycles. The number of hydrogen-bond donors (Lipinski definition) is 2. The molecule has 20 heavy (non-hydrogen) atoms. The first-order valence-corrected chi connectivity index (χ1v) is 7.09. The highest BCUT2D eigenvalue weighted by atomic mass is 16.3. The lowest BCUT2D eigenvalue weighted by molar-refractivity contribution is 0.264. The van der Waals surface area contributed by atoms with Crippen molar-refractivity contribution in [2.24, 2.45) is 0 Å². The van der Waals surface area contributed by atoms with E-state index in [0.717, 1.165) is 17.9 Å². The molecule has 2 unspecified atom stereocenters. The number of aliphatic hydroxyl groups excluding tert-OH is 1. The van der Waals surface area contributed by atoms with Gasteiger partial charge in [-0.25, -0.2) is 4.98 Å². The summed E-state index contributed by atoms with van der Waals surface area (Å²) in [5.74, 6) is 0.987. The Labute approximate surface area is 120 Å². The highest BCUT2D eigenvalue weighted by Crippen LogP contribution is 2.17. The first-order valence-electron chi connectivity index (χ1n) is 7.09. The van der Waals surface area contributed by atoms with Gasteiger partial charge in [0.25, 0.3) is 0 Å². The van der Waals surface area contributed by atoms with Crippen molar-refractivity contribution in [1.82, 2.24) is 14.9 Å². The van der Waals surface area contributed by atoms with E-state index in [1.54, 1.807) is 0 Å². The average molecular weight is 273 g/mol. The van der Waals surface area contributed by atoms with E-state index in [9.17, 15) is 0 Å². The maximum absolute atomic E-state index is 8.94. The van der Waals surface area contributed by atoms with E-state index in [1.165, 1.54) is 5.56 Å². The number of aromatic nitrogens is 2. The van der Waals surface area contributed by atoms with E-state index >= 15 is 0 Å². The maximum Gasteiger partial charge on any atom is 0.110 e. The van der Waals surface area contributed by atoms with Crippen LogP contribution in [0.2, 0.25) is 0 Å². The predicted molar refractivity (Wildman–Crippen MR) is 81.0 cm³/mol. The molecule has 0 aliphatic rings. The predicted octanol–water partition coefficient (Wildman–Crippen LogP) is 2.60. The Morgan fingerprint density at radius 1 is 1.25 bits per heavy atom. The largest absolute Gasteiger partial charge is 0.396 e. The lowest BCUT2D eigenvalue weighted by Crippen LogP contribution is -2.29. The molecule has 2 atom stereocenters. The Morgan fingerprint density at radius 2 is 1.95 bits per heavy atom. The molecule has 0 bridgehead atoms. The van der Waals surface area contributed by atoms with Crippen molar-refractivity contribution in [2.75, 3.05) is 6.61 Å². The van der Waals surface area contributed by atoms with Crippen LogP contribution in [0, 0.1) is 6.92 Å². The quantitative estimate of drug-likeness (QED) is 0.850. The Hall–Kier alpha value is -1.65. The molecule has 1 aromatic heterocycles. The zero-order valence-corrected chi connectivity index (χ0v) is 12.4. The molecule has 1 aromatic carbocycles. The van der Waals surface area contributed by atoms with Crippen molar-refractivity contribution in [3.63, 3.8) is 0 Å².